The molecular formula is C6H7NO2S. The van der Waals surface area contributed by atoms with Gasteiger partial charge in [-0.1, -0.05) is 6.92 Å². The van der Waals surface area contributed by atoms with Crippen LogP contribution in [0.2, 0.25) is 0 Å². The number of rotatable bonds is 2. The molecule has 0 spiro atoms. The Kier molecular flexibility index (Phi) is 2.01. The summed E-state index contributed by atoms with van der Waals surface area (Å²) in [4.78, 5) is 10.6. The van der Waals surface area contributed by atoms with Crippen molar-refractivity contribution >= 4 is 17.5 Å². The fraction of sp³-hybridized carbons (Fsp3) is 0.333. The lowest BCUT2D eigenvalue weighted by molar-refractivity contribution is 0.0702. The van der Waals surface area contributed by atoms with Crippen LogP contribution in [0.3, 0.4) is 0 Å². The molecule has 10 heavy (non-hydrogen) atoms. The number of hydrogen-bond acceptors (Lipinski definition) is 3. The molecule has 0 radical (unpaired) electrons. The van der Waals surface area contributed by atoms with Crippen LogP contribution in [-0.4, -0.2) is 15.4 Å². The van der Waals surface area contributed by atoms with Crippen LogP contribution in [0, 0.1) is 0 Å². The van der Waals surface area contributed by atoms with Gasteiger partial charge < -0.3 is 5.11 Å². The van der Waals surface area contributed by atoms with Gasteiger partial charge in [-0.15, -0.1) is 0 Å². The molecule has 0 aromatic carbocycles. The molecule has 1 N–H and O–H groups in total. The summed E-state index contributed by atoms with van der Waals surface area (Å²) in [7, 11) is 0. The first-order valence-corrected chi connectivity index (χ1v) is 3.70. The molecule has 4 heteroatoms. The summed E-state index contributed by atoms with van der Waals surface area (Å²) in [6.07, 6.45) is 0.795. The van der Waals surface area contributed by atoms with E-state index in [1.54, 1.807) is 6.07 Å². The first-order chi connectivity index (χ1) is 4.74. The molecule has 1 heterocycles. The summed E-state index contributed by atoms with van der Waals surface area (Å²) in [5.41, 5.74) is 0.849. The zero-order valence-electron chi connectivity index (χ0n) is 5.50. The smallest absolute Gasteiger partial charge is 0.347 e. The van der Waals surface area contributed by atoms with Crippen LogP contribution in [0.5, 0.6) is 0 Å². The molecule has 0 saturated heterocycles. The maximum absolute atomic E-state index is 10.3. The van der Waals surface area contributed by atoms with Crippen molar-refractivity contribution in [1.82, 2.24) is 4.37 Å². The molecule has 0 aliphatic rings. The summed E-state index contributed by atoms with van der Waals surface area (Å²) in [5.74, 6) is -0.891. The van der Waals surface area contributed by atoms with E-state index in [-0.39, 0.29) is 0 Å². The van der Waals surface area contributed by atoms with Crippen molar-refractivity contribution in [3.8, 4) is 0 Å². The topological polar surface area (TPSA) is 50.2 Å². The molecule has 1 aromatic heterocycles. The molecule has 1 rings (SSSR count). The van der Waals surface area contributed by atoms with Gasteiger partial charge in [0.05, 0.1) is 5.69 Å². The van der Waals surface area contributed by atoms with Gasteiger partial charge in [0.2, 0.25) is 0 Å². The minimum atomic E-state index is -0.891. The Morgan fingerprint density at radius 2 is 2.60 bits per heavy atom. The molecule has 3 nitrogen and oxygen atoms in total. The SMILES string of the molecule is CCc1cc(C(=O)O)sn1. The van der Waals surface area contributed by atoms with Crippen molar-refractivity contribution < 1.29 is 9.90 Å². The van der Waals surface area contributed by atoms with Crippen LogP contribution in [0.25, 0.3) is 0 Å². The van der Waals surface area contributed by atoms with E-state index in [1.165, 1.54) is 0 Å². The molecule has 0 aliphatic carbocycles. The van der Waals surface area contributed by atoms with E-state index >= 15 is 0 Å². The van der Waals surface area contributed by atoms with E-state index in [0.29, 0.717) is 4.88 Å². The highest BCUT2D eigenvalue weighted by molar-refractivity contribution is 7.08. The zero-order chi connectivity index (χ0) is 7.56. The molecule has 54 valence electrons. The summed E-state index contributed by atoms with van der Waals surface area (Å²) in [6, 6.07) is 1.60. The van der Waals surface area contributed by atoms with Crippen molar-refractivity contribution in [2.45, 2.75) is 13.3 Å². The number of hydrogen-bond donors (Lipinski definition) is 1. The second-order valence-electron chi connectivity index (χ2n) is 1.84. The van der Waals surface area contributed by atoms with Gasteiger partial charge in [0.15, 0.2) is 0 Å². The second-order valence-corrected chi connectivity index (χ2v) is 2.65. The third-order valence-electron chi connectivity index (χ3n) is 1.13. The standard InChI is InChI=1S/C6H7NO2S/c1-2-4-3-5(6(8)9)10-7-4/h3H,2H2,1H3,(H,8,9). The highest BCUT2D eigenvalue weighted by Crippen LogP contribution is 2.09. The van der Waals surface area contributed by atoms with Gasteiger partial charge in [-0.2, -0.15) is 4.37 Å². The van der Waals surface area contributed by atoms with Crippen LogP contribution in [0.1, 0.15) is 22.3 Å². The second kappa shape index (κ2) is 2.79. The van der Waals surface area contributed by atoms with Gasteiger partial charge in [0, 0.05) is 0 Å². The molecule has 0 saturated carbocycles. The molecule has 0 bridgehead atoms. The van der Waals surface area contributed by atoms with Gasteiger partial charge in [-0.05, 0) is 24.0 Å². The molecule has 1 aromatic rings. The maximum atomic E-state index is 10.3. The first-order valence-electron chi connectivity index (χ1n) is 2.93. The Labute approximate surface area is 62.5 Å². The summed E-state index contributed by atoms with van der Waals surface area (Å²) < 4.78 is 3.92. The van der Waals surface area contributed by atoms with Gasteiger partial charge in [-0.25, -0.2) is 4.79 Å². The van der Waals surface area contributed by atoms with Crippen molar-refractivity contribution in [3.63, 3.8) is 0 Å². The Hall–Kier alpha value is -0.900. The summed E-state index contributed by atoms with van der Waals surface area (Å²) in [6.45, 7) is 1.95. The molecule has 0 aliphatic heterocycles. The zero-order valence-corrected chi connectivity index (χ0v) is 6.31. The molecule has 0 atom stereocenters. The average molecular weight is 157 g/mol. The Balaban J connectivity index is 2.88. The number of nitrogens with zero attached hydrogens (tertiary/aromatic N) is 1. The highest BCUT2D eigenvalue weighted by Gasteiger charge is 2.06. The van der Waals surface area contributed by atoms with Gasteiger partial charge in [0.1, 0.15) is 4.88 Å². The predicted molar refractivity (Wildman–Crippen MR) is 38.5 cm³/mol. The number of aryl methyl sites for hydroxylation is 1. The van der Waals surface area contributed by atoms with Crippen molar-refractivity contribution in [2.75, 3.05) is 0 Å². The van der Waals surface area contributed by atoms with Crippen LogP contribution >= 0.6 is 11.5 Å². The number of carboxylic acids is 1. The van der Waals surface area contributed by atoms with Gasteiger partial charge in [-0.3, -0.25) is 0 Å². The summed E-state index contributed by atoms with van der Waals surface area (Å²) in [5, 5.41) is 8.46. The lowest BCUT2D eigenvalue weighted by Crippen LogP contribution is -1.90. The van der Waals surface area contributed by atoms with Crippen LogP contribution < -0.4 is 0 Å². The van der Waals surface area contributed by atoms with Crippen LogP contribution in [-0.2, 0) is 6.42 Å². The third kappa shape index (κ3) is 1.33. The number of aromatic nitrogens is 1. The predicted octanol–water partition coefficient (Wildman–Crippen LogP) is 1.40. The number of carboxylic acid groups (broad SMARTS) is 1. The van der Waals surface area contributed by atoms with Gasteiger partial charge >= 0.3 is 5.97 Å². The van der Waals surface area contributed by atoms with Crippen molar-refractivity contribution in [2.24, 2.45) is 0 Å². The van der Waals surface area contributed by atoms with E-state index in [9.17, 15) is 4.79 Å². The maximum Gasteiger partial charge on any atom is 0.347 e. The fourth-order valence-corrected chi connectivity index (χ4v) is 1.24. The van der Waals surface area contributed by atoms with E-state index in [2.05, 4.69) is 4.37 Å². The van der Waals surface area contributed by atoms with Crippen LogP contribution in [0.15, 0.2) is 6.07 Å². The lowest BCUT2D eigenvalue weighted by Gasteiger charge is -1.80. The first kappa shape index (κ1) is 7.21. The summed E-state index contributed by atoms with van der Waals surface area (Å²) >= 11 is 1.03. The van der Waals surface area contributed by atoms with Crippen molar-refractivity contribution in [3.05, 3.63) is 16.6 Å². The highest BCUT2D eigenvalue weighted by atomic mass is 32.1. The van der Waals surface area contributed by atoms with E-state index in [1.807, 2.05) is 6.92 Å². The lowest BCUT2D eigenvalue weighted by atomic mass is 10.3. The van der Waals surface area contributed by atoms with Gasteiger partial charge in [0.25, 0.3) is 0 Å². The monoisotopic (exact) mass is 157 g/mol. The Morgan fingerprint density at radius 1 is 1.90 bits per heavy atom. The van der Waals surface area contributed by atoms with E-state index < -0.39 is 5.97 Å². The fourth-order valence-electron chi connectivity index (χ4n) is 0.579. The van der Waals surface area contributed by atoms with E-state index in [0.717, 1.165) is 23.6 Å². The quantitative estimate of drug-likeness (QED) is 0.706. The minimum Gasteiger partial charge on any atom is -0.477 e. The molecule has 0 fully saturated rings. The Bertz CT molecular complexity index is 244. The molecule has 0 amide bonds. The third-order valence-corrected chi connectivity index (χ3v) is 1.95. The minimum absolute atomic E-state index is 0.317. The van der Waals surface area contributed by atoms with Crippen LogP contribution in [0.4, 0.5) is 0 Å². The average Bonchev–Trinajstić information content (AvgIpc) is 2.34. The Morgan fingerprint density at radius 3 is 2.90 bits per heavy atom. The molecule has 0 unspecified atom stereocenters. The molecular weight excluding hydrogens is 150 g/mol. The normalized spacial score (nSPS) is 9.70. The largest absolute Gasteiger partial charge is 0.477 e. The number of carbonyl (C=O) groups is 1. The van der Waals surface area contributed by atoms with E-state index in [4.69, 9.17) is 5.11 Å². The number of aromatic carboxylic acids is 1. The van der Waals surface area contributed by atoms with Crippen molar-refractivity contribution in [1.29, 1.82) is 0 Å².